The number of hydrogen-bond acceptors (Lipinski definition) is 2. The smallest absolute Gasteiger partial charge is 0.0376 e. The van der Waals surface area contributed by atoms with E-state index in [1.54, 1.807) is 0 Å². The largest absolute Gasteiger partial charge is 0.399 e. The van der Waals surface area contributed by atoms with E-state index in [2.05, 4.69) is 44.2 Å². The molecule has 0 saturated heterocycles. The highest BCUT2D eigenvalue weighted by Gasteiger charge is 2.32. The van der Waals surface area contributed by atoms with Crippen LogP contribution in [0.4, 0.5) is 11.4 Å². The highest BCUT2D eigenvalue weighted by atomic mass is 14.6. The third-order valence-electron chi connectivity index (χ3n) is 4.12. The topological polar surface area (TPSA) is 52.0 Å². The van der Waals surface area contributed by atoms with Crippen molar-refractivity contribution in [2.45, 2.75) is 32.1 Å². The zero-order valence-electron chi connectivity index (χ0n) is 11.7. The van der Waals surface area contributed by atoms with E-state index in [4.69, 9.17) is 11.5 Å². The number of nitrogens with two attached hydrogens (primary N) is 2. The van der Waals surface area contributed by atoms with Crippen LogP contribution >= 0.6 is 0 Å². The van der Waals surface area contributed by atoms with Crippen molar-refractivity contribution in [2.75, 3.05) is 11.5 Å². The molecule has 2 nitrogen and oxygen atoms in total. The Morgan fingerprint density at radius 1 is 0.895 bits per heavy atom. The molecule has 0 bridgehead atoms. The predicted molar refractivity (Wildman–Crippen MR) is 83.1 cm³/mol. The fourth-order valence-corrected chi connectivity index (χ4v) is 2.97. The molecule has 0 aromatic heterocycles. The molecule has 0 atom stereocenters. The molecule has 0 unspecified atom stereocenters. The van der Waals surface area contributed by atoms with E-state index in [0.717, 1.165) is 24.2 Å². The number of rotatable bonds is 4. The van der Waals surface area contributed by atoms with Gasteiger partial charge in [-0.1, -0.05) is 50.2 Å². The maximum atomic E-state index is 6.22. The molecule has 0 amide bonds. The van der Waals surface area contributed by atoms with Gasteiger partial charge in [0.05, 0.1) is 0 Å². The number of anilines is 2. The molecule has 0 heterocycles. The second-order valence-electron chi connectivity index (χ2n) is 5.00. The van der Waals surface area contributed by atoms with E-state index in [1.165, 1.54) is 11.1 Å². The minimum atomic E-state index is -0.0287. The van der Waals surface area contributed by atoms with Gasteiger partial charge in [0.2, 0.25) is 0 Å². The summed E-state index contributed by atoms with van der Waals surface area (Å²) in [4.78, 5) is 0. The van der Waals surface area contributed by atoms with Gasteiger partial charge in [-0.15, -0.1) is 0 Å². The van der Waals surface area contributed by atoms with Crippen LogP contribution in [-0.4, -0.2) is 0 Å². The minimum absolute atomic E-state index is 0.0287. The van der Waals surface area contributed by atoms with Gasteiger partial charge in [0.25, 0.3) is 0 Å². The summed E-state index contributed by atoms with van der Waals surface area (Å²) in [6, 6.07) is 16.5. The maximum Gasteiger partial charge on any atom is 0.0376 e. The van der Waals surface area contributed by atoms with E-state index < -0.39 is 0 Å². The van der Waals surface area contributed by atoms with Crippen LogP contribution in [0.2, 0.25) is 0 Å². The summed E-state index contributed by atoms with van der Waals surface area (Å²) in [5.41, 5.74) is 16.0. The first-order chi connectivity index (χ1) is 9.14. The fourth-order valence-electron chi connectivity index (χ4n) is 2.97. The molecule has 100 valence electrons. The first-order valence-electron chi connectivity index (χ1n) is 6.85. The van der Waals surface area contributed by atoms with Gasteiger partial charge < -0.3 is 11.5 Å². The summed E-state index contributed by atoms with van der Waals surface area (Å²) < 4.78 is 0. The Balaban J connectivity index is 2.63. The summed E-state index contributed by atoms with van der Waals surface area (Å²) >= 11 is 0. The monoisotopic (exact) mass is 254 g/mol. The quantitative estimate of drug-likeness (QED) is 0.811. The van der Waals surface area contributed by atoms with Crippen LogP contribution in [-0.2, 0) is 5.41 Å². The molecule has 2 aromatic carbocycles. The Bertz CT molecular complexity index is 542. The Kier molecular flexibility index (Phi) is 3.79. The second kappa shape index (κ2) is 5.35. The van der Waals surface area contributed by atoms with Crippen molar-refractivity contribution in [1.29, 1.82) is 0 Å². The lowest BCUT2D eigenvalue weighted by Gasteiger charge is -2.34. The molecule has 0 aliphatic heterocycles. The first kappa shape index (κ1) is 13.5. The van der Waals surface area contributed by atoms with Crippen molar-refractivity contribution in [3.63, 3.8) is 0 Å². The van der Waals surface area contributed by atoms with Gasteiger partial charge in [0.15, 0.2) is 0 Å². The predicted octanol–water partition coefficient (Wildman–Crippen LogP) is 3.96. The molecule has 0 radical (unpaired) electrons. The highest BCUT2D eigenvalue weighted by molar-refractivity contribution is 5.61. The van der Waals surface area contributed by atoms with E-state index in [-0.39, 0.29) is 5.41 Å². The third kappa shape index (κ3) is 2.30. The summed E-state index contributed by atoms with van der Waals surface area (Å²) in [6.07, 6.45) is 2.03. The van der Waals surface area contributed by atoms with Crippen LogP contribution in [0.5, 0.6) is 0 Å². The van der Waals surface area contributed by atoms with Gasteiger partial charge in [-0.25, -0.2) is 0 Å². The third-order valence-corrected chi connectivity index (χ3v) is 4.12. The van der Waals surface area contributed by atoms with Crippen molar-refractivity contribution in [3.05, 3.63) is 59.7 Å². The number of benzene rings is 2. The Hall–Kier alpha value is -1.96. The van der Waals surface area contributed by atoms with Gasteiger partial charge in [0.1, 0.15) is 0 Å². The van der Waals surface area contributed by atoms with Crippen LogP contribution in [0, 0.1) is 0 Å². The Labute approximate surface area is 115 Å². The molecule has 19 heavy (non-hydrogen) atoms. The lowest BCUT2D eigenvalue weighted by Crippen LogP contribution is -2.27. The maximum absolute atomic E-state index is 6.22. The molecule has 0 aliphatic carbocycles. The van der Waals surface area contributed by atoms with E-state index in [9.17, 15) is 0 Å². The summed E-state index contributed by atoms with van der Waals surface area (Å²) in [5, 5.41) is 0. The standard InChI is InChI=1S/C17H22N2/c1-3-17(4-2,13-8-6-5-7-9-13)15-11-10-14(18)12-16(15)19/h5-12H,3-4,18-19H2,1-2H3. The fraction of sp³-hybridized carbons (Fsp3) is 0.294. The van der Waals surface area contributed by atoms with Gasteiger partial charge >= 0.3 is 0 Å². The lowest BCUT2D eigenvalue weighted by molar-refractivity contribution is 0.480. The molecule has 0 fully saturated rings. The van der Waals surface area contributed by atoms with Crippen LogP contribution < -0.4 is 11.5 Å². The molecule has 4 N–H and O–H groups in total. The number of nitrogen functional groups attached to an aromatic ring is 2. The highest BCUT2D eigenvalue weighted by Crippen LogP contribution is 2.41. The van der Waals surface area contributed by atoms with Crippen molar-refractivity contribution in [2.24, 2.45) is 0 Å². The zero-order valence-corrected chi connectivity index (χ0v) is 11.7. The van der Waals surface area contributed by atoms with E-state index in [0.29, 0.717) is 0 Å². The Morgan fingerprint density at radius 3 is 2.05 bits per heavy atom. The molecule has 2 heteroatoms. The average molecular weight is 254 g/mol. The van der Waals surface area contributed by atoms with Crippen molar-refractivity contribution in [3.8, 4) is 0 Å². The van der Waals surface area contributed by atoms with Crippen LogP contribution in [0.15, 0.2) is 48.5 Å². The Morgan fingerprint density at radius 2 is 1.53 bits per heavy atom. The zero-order chi connectivity index (χ0) is 13.9. The van der Waals surface area contributed by atoms with Gasteiger partial charge in [-0.05, 0) is 36.1 Å². The average Bonchev–Trinajstić information content (AvgIpc) is 2.44. The van der Waals surface area contributed by atoms with Crippen molar-refractivity contribution in [1.82, 2.24) is 0 Å². The minimum Gasteiger partial charge on any atom is -0.399 e. The van der Waals surface area contributed by atoms with E-state index in [1.807, 2.05) is 18.2 Å². The molecular formula is C17H22N2. The SMILES string of the molecule is CCC(CC)(c1ccccc1)c1ccc(N)cc1N. The van der Waals surface area contributed by atoms with Crippen LogP contribution in [0.1, 0.15) is 37.8 Å². The summed E-state index contributed by atoms with van der Waals surface area (Å²) in [7, 11) is 0. The van der Waals surface area contributed by atoms with Gasteiger partial charge in [0, 0.05) is 16.8 Å². The molecule has 0 saturated carbocycles. The lowest BCUT2D eigenvalue weighted by atomic mass is 9.70. The van der Waals surface area contributed by atoms with Gasteiger partial charge in [-0.3, -0.25) is 0 Å². The van der Waals surface area contributed by atoms with Crippen LogP contribution in [0.25, 0.3) is 0 Å². The number of hydrogen-bond donors (Lipinski definition) is 2. The van der Waals surface area contributed by atoms with Crippen molar-refractivity contribution >= 4 is 11.4 Å². The molecule has 2 rings (SSSR count). The summed E-state index contributed by atoms with van der Waals surface area (Å²) in [5.74, 6) is 0. The van der Waals surface area contributed by atoms with Crippen molar-refractivity contribution < 1.29 is 0 Å². The molecule has 2 aromatic rings. The van der Waals surface area contributed by atoms with Gasteiger partial charge in [-0.2, -0.15) is 0 Å². The van der Waals surface area contributed by atoms with Crippen LogP contribution in [0.3, 0.4) is 0 Å². The molecule has 0 aliphatic rings. The van der Waals surface area contributed by atoms with E-state index >= 15 is 0 Å². The normalized spacial score (nSPS) is 11.5. The molecular weight excluding hydrogens is 232 g/mol. The second-order valence-corrected chi connectivity index (χ2v) is 5.00. The summed E-state index contributed by atoms with van der Waals surface area (Å²) in [6.45, 7) is 4.43. The molecule has 0 spiro atoms. The first-order valence-corrected chi connectivity index (χ1v) is 6.85.